The van der Waals surface area contributed by atoms with E-state index in [-0.39, 0.29) is 26.2 Å². The number of carbonyl (C=O) groups is 2. The Bertz CT molecular complexity index is 923. The lowest BCUT2D eigenvalue weighted by Crippen LogP contribution is -2.52. The van der Waals surface area contributed by atoms with Crippen LogP contribution >= 0.6 is 0 Å². The molecule has 1 amide bonds. The van der Waals surface area contributed by atoms with Crippen molar-refractivity contribution in [3.05, 3.63) is 29.3 Å². The minimum Gasteiger partial charge on any atom is -0.478 e. The zero-order valence-corrected chi connectivity index (χ0v) is 19.1. The molecule has 7 nitrogen and oxygen atoms in total. The fourth-order valence-corrected chi connectivity index (χ4v) is 3.67. The lowest BCUT2D eigenvalue weighted by molar-refractivity contribution is -0.308. The Balaban J connectivity index is 1.62. The normalized spacial score (nSPS) is 18.0. The summed E-state index contributed by atoms with van der Waals surface area (Å²) in [5.74, 6) is -0.381. The summed E-state index contributed by atoms with van der Waals surface area (Å²) in [7, 11) is 0. The van der Waals surface area contributed by atoms with Crippen LogP contribution in [0.3, 0.4) is 0 Å². The first-order valence-electron chi connectivity index (χ1n) is 10.9. The molecule has 3 rings (SSSR count). The molecule has 1 aliphatic heterocycles. The summed E-state index contributed by atoms with van der Waals surface area (Å²) >= 11 is 0. The van der Waals surface area contributed by atoms with E-state index < -0.39 is 36.1 Å². The summed E-state index contributed by atoms with van der Waals surface area (Å²) in [4.78, 5) is 26.1. The molecule has 1 aromatic carbocycles. The van der Waals surface area contributed by atoms with Crippen LogP contribution in [-0.2, 0) is 16.1 Å². The van der Waals surface area contributed by atoms with Crippen molar-refractivity contribution in [2.45, 2.75) is 63.2 Å². The number of aliphatic carboxylic acids is 1. The van der Waals surface area contributed by atoms with E-state index >= 15 is 0 Å². The first-order chi connectivity index (χ1) is 16.1. The van der Waals surface area contributed by atoms with Gasteiger partial charge in [-0.15, -0.1) is 0 Å². The van der Waals surface area contributed by atoms with Crippen molar-refractivity contribution >= 4 is 12.1 Å². The molecule has 0 radical (unpaired) electrons. The number of alkyl halides is 6. The van der Waals surface area contributed by atoms with Gasteiger partial charge in [0.15, 0.2) is 5.60 Å². The zero-order valence-electron chi connectivity index (χ0n) is 19.1. The monoisotopic (exact) mass is 512 g/mol. The molecule has 13 heteroatoms. The molecule has 1 saturated heterocycles. The predicted octanol–water partition coefficient (Wildman–Crippen LogP) is 4.55. The second kappa shape index (κ2) is 9.75. The Hall–Kier alpha value is -2.70. The molecular formula is C22H26F6N2O5. The molecule has 1 N–H and O–H groups in total. The minimum atomic E-state index is -5.77. The van der Waals surface area contributed by atoms with Crippen LogP contribution in [0, 0.1) is 0 Å². The van der Waals surface area contributed by atoms with Gasteiger partial charge in [0.25, 0.3) is 6.10 Å². The Morgan fingerprint density at radius 3 is 2.06 bits per heavy atom. The van der Waals surface area contributed by atoms with Crippen LogP contribution in [0.1, 0.15) is 43.7 Å². The second-order valence-electron chi connectivity index (χ2n) is 9.21. The van der Waals surface area contributed by atoms with Gasteiger partial charge >= 0.3 is 24.4 Å². The highest BCUT2D eigenvalue weighted by Gasteiger charge is 2.60. The van der Waals surface area contributed by atoms with Gasteiger partial charge in [0.2, 0.25) is 0 Å². The Labute approximate surface area is 197 Å². The van der Waals surface area contributed by atoms with Crippen molar-refractivity contribution in [2.24, 2.45) is 0 Å². The van der Waals surface area contributed by atoms with E-state index in [1.807, 2.05) is 11.0 Å². The van der Waals surface area contributed by atoms with Crippen molar-refractivity contribution < 1.29 is 50.5 Å². The molecule has 1 saturated carbocycles. The standard InChI is InChI=1S/C22H26F6N2O5/c1-20(2,18(31)32)35-16-10-13(9-15(11-16)14-3-4-14)12-29-5-7-30(8-6-29)19(33)34-17(21(23,24)25)22(26,27)28/h9-11,14,17H,3-8,12H2,1-2H3,(H,31,32). The van der Waals surface area contributed by atoms with Gasteiger partial charge in [-0.3, -0.25) is 4.90 Å². The van der Waals surface area contributed by atoms with Crippen molar-refractivity contribution in [1.82, 2.24) is 9.80 Å². The minimum absolute atomic E-state index is 0.112. The van der Waals surface area contributed by atoms with Crippen LogP contribution in [0.4, 0.5) is 31.1 Å². The van der Waals surface area contributed by atoms with Gasteiger partial charge in [0.05, 0.1) is 0 Å². The predicted molar refractivity (Wildman–Crippen MR) is 110 cm³/mol. The number of benzene rings is 1. The maximum absolute atomic E-state index is 12.7. The van der Waals surface area contributed by atoms with E-state index in [1.54, 1.807) is 12.1 Å². The third-order valence-electron chi connectivity index (χ3n) is 5.78. The van der Waals surface area contributed by atoms with Crippen LogP contribution in [-0.4, -0.2) is 77.2 Å². The van der Waals surface area contributed by atoms with Gasteiger partial charge in [0.1, 0.15) is 5.75 Å². The van der Waals surface area contributed by atoms with Crippen molar-refractivity contribution in [3.63, 3.8) is 0 Å². The Morgan fingerprint density at radius 1 is 1.00 bits per heavy atom. The number of piperazine rings is 1. The number of amides is 1. The molecule has 0 atom stereocenters. The van der Waals surface area contributed by atoms with Crippen LogP contribution in [0.2, 0.25) is 0 Å². The van der Waals surface area contributed by atoms with Gasteiger partial charge < -0.3 is 19.5 Å². The Kier molecular flexibility index (Phi) is 7.49. The molecule has 2 aliphatic rings. The van der Waals surface area contributed by atoms with Crippen LogP contribution in [0.25, 0.3) is 0 Å². The lowest BCUT2D eigenvalue weighted by Gasteiger charge is -2.35. The summed E-state index contributed by atoms with van der Waals surface area (Å²) < 4.78 is 85.4. The molecule has 0 spiro atoms. The molecule has 35 heavy (non-hydrogen) atoms. The Morgan fingerprint density at radius 2 is 1.57 bits per heavy atom. The molecule has 0 unspecified atom stereocenters. The maximum Gasteiger partial charge on any atom is 0.434 e. The number of ether oxygens (including phenoxy) is 2. The van der Waals surface area contributed by atoms with E-state index in [1.165, 1.54) is 13.8 Å². The smallest absolute Gasteiger partial charge is 0.434 e. The van der Waals surface area contributed by atoms with Crippen molar-refractivity contribution in [2.75, 3.05) is 26.2 Å². The number of rotatable bonds is 7. The molecule has 0 aromatic heterocycles. The third kappa shape index (κ3) is 7.15. The summed E-state index contributed by atoms with van der Waals surface area (Å²) in [6.07, 6.45) is -15.4. The van der Waals surface area contributed by atoms with Crippen LogP contribution in [0.5, 0.6) is 5.75 Å². The molecule has 2 fully saturated rings. The molecular weight excluding hydrogens is 486 g/mol. The number of hydrogen-bond acceptors (Lipinski definition) is 5. The van der Waals surface area contributed by atoms with E-state index in [0.717, 1.165) is 28.9 Å². The summed E-state index contributed by atoms with van der Waals surface area (Å²) in [5.41, 5.74) is 0.373. The third-order valence-corrected chi connectivity index (χ3v) is 5.78. The van der Waals surface area contributed by atoms with Gasteiger partial charge in [0, 0.05) is 32.7 Å². The highest BCUT2D eigenvalue weighted by molar-refractivity contribution is 5.76. The molecule has 1 aromatic rings. The largest absolute Gasteiger partial charge is 0.478 e. The second-order valence-corrected chi connectivity index (χ2v) is 9.21. The molecule has 0 bridgehead atoms. The van der Waals surface area contributed by atoms with E-state index in [4.69, 9.17) is 4.74 Å². The first kappa shape index (κ1) is 26.9. The van der Waals surface area contributed by atoms with Crippen LogP contribution < -0.4 is 4.74 Å². The average Bonchev–Trinajstić information content (AvgIpc) is 3.55. The van der Waals surface area contributed by atoms with E-state index in [9.17, 15) is 41.0 Å². The topological polar surface area (TPSA) is 79.3 Å². The molecule has 1 heterocycles. The fraction of sp³-hybridized carbons (Fsp3) is 0.636. The van der Waals surface area contributed by atoms with Gasteiger partial charge in [-0.05, 0) is 55.9 Å². The maximum atomic E-state index is 12.7. The van der Waals surface area contributed by atoms with Gasteiger partial charge in [-0.25, -0.2) is 9.59 Å². The average molecular weight is 512 g/mol. The lowest BCUT2D eigenvalue weighted by atomic mass is 10.0. The van der Waals surface area contributed by atoms with Gasteiger partial charge in [-0.2, -0.15) is 26.3 Å². The van der Waals surface area contributed by atoms with Crippen molar-refractivity contribution in [3.8, 4) is 5.75 Å². The number of carboxylic acid groups (broad SMARTS) is 1. The summed E-state index contributed by atoms with van der Waals surface area (Å²) in [6.45, 7) is 3.40. The van der Waals surface area contributed by atoms with Crippen molar-refractivity contribution in [1.29, 1.82) is 0 Å². The van der Waals surface area contributed by atoms with E-state index in [0.29, 0.717) is 18.2 Å². The first-order valence-corrected chi connectivity index (χ1v) is 10.9. The SMILES string of the molecule is CC(C)(Oc1cc(CN2CCN(C(=O)OC(C(F)(F)F)C(F)(F)F)CC2)cc(C2CC2)c1)C(=O)O. The molecule has 1 aliphatic carbocycles. The summed E-state index contributed by atoms with van der Waals surface area (Å²) in [6, 6.07) is 5.47. The summed E-state index contributed by atoms with van der Waals surface area (Å²) in [5, 5.41) is 9.34. The molecule has 196 valence electrons. The number of carboxylic acids is 1. The van der Waals surface area contributed by atoms with Crippen LogP contribution in [0.15, 0.2) is 18.2 Å². The number of halogens is 6. The quantitative estimate of drug-likeness (QED) is 0.540. The highest BCUT2D eigenvalue weighted by atomic mass is 19.4. The number of nitrogens with zero attached hydrogens (tertiary/aromatic N) is 2. The number of carbonyl (C=O) groups excluding carboxylic acids is 1. The zero-order chi connectivity index (χ0) is 26.2. The van der Waals surface area contributed by atoms with Gasteiger partial charge in [-0.1, -0.05) is 6.07 Å². The number of hydrogen-bond donors (Lipinski definition) is 1. The van der Waals surface area contributed by atoms with E-state index in [2.05, 4.69) is 4.74 Å². The highest BCUT2D eigenvalue weighted by Crippen LogP contribution is 2.42. The fourth-order valence-electron chi connectivity index (χ4n) is 3.67.